The Morgan fingerprint density at radius 1 is 1.19 bits per heavy atom. The van der Waals surface area contributed by atoms with Crippen LogP contribution in [0.25, 0.3) is 0 Å². The molecule has 0 saturated heterocycles. The molecule has 1 amide bonds. The van der Waals surface area contributed by atoms with Gasteiger partial charge in [0.05, 0.1) is 0 Å². The van der Waals surface area contributed by atoms with E-state index in [1.54, 1.807) is 0 Å². The Morgan fingerprint density at radius 2 is 1.85 bits per heavy atom. The van der Waals surface area contributed by atoms with Crippen LogP contribution in [-0.4, -0.2) is 12.5 Å². The average molecular weight is 400 g/mol. The summed E-state index contributed by atoms with van der Waals surface area (Å²) in [6.07, 6.45) is 5.93. The summed E-state index contributed by atoms with van der Waals surface area (Å²) in [6, 6.07) is 4.56. The summed E-state index contributed by atoms with van der Waals surface area (Å²) in [6.45, 7) is 10.4. The Morgan fingerprint density at radius 3 is 2.35 bits per heavy atom. The smallest absolute Gasteiger partial charge is 0.221 e. The van der Waals surface area contributed by atoms with Crippen molar-refractivity contribution in [2.45, 2.75) is 73.1 Å². The molecule has 0 aliphatic carbocycles. The molecule has 0 heterocycles. The molecule has 0 spiro atoms. The number of unbranched alkanes of at least 4 members (excludes halogenated alkanes) is 1. The van der Waals surface area contributed by atoms with E-state index < -0.39 is 17.0 Å². The zero-order valence-electron chi connectivity index (χ0n) is 16.8. The van der Waals surface area contributed by atoms with Crippen LogP contribution in [-0.2, 0) is 26.5 Å². The average Bonchev–Trinajstić information content (AvgIpc) is 2.58. The molecular formula is C21H32F2NOTi-. The number of anilines is 1. The van der Waals surface area contributed by atoms with E-state index in [1.165, 1.54) is 11.0 Å². The van der Waals surface area contributed by atoms with E-state index in [2.05, 4.69) is 19.9 Å². The third-order valence-corrected chi connectivity index (χ3v) is 5.14. The first-order valence-corrected chi connectivity index (χ1v) is 9.46. The molecule has 0 fully saturated rings. The number of carbonyl (C=O) groups excluding carboxylic acids is 1. The van der Waals surface area contributed by atoms with Gasteiger partial charge in [0.15, 0.2) is 0 Å². The second kappa shape index (κ2) is 11.9. The van der Waals surface area contributed by atoms with E-state index in [9.17, 15) is 13.6 Å². The second-order valence-electron chi connectivity index (χ2n) is 7.40. The Hall–Kier alpha value is -0.736. The largest absolute Gasteiger partial charge is 0.363 e. The van der Waals surface area contributed by atoms with Gasteiger partial charge in [0.2, 0.25) is 5.91 Å². The van der Waals surface area contributed by atoms with E-state index in [0.29, 0.717) is 18.9 Å². The Bertz CT molecular complexity index is 563. The van der Waals surface area contributed by atoms with Crippen LogP contribution in [0.2, 0.25) is 0 Å². The number of halogens is 2. The molecule has 1 aromatic rings. The summed E-state index contributed by atoms with van der Waals surface area (Å²) < 4.78 is 27.5. The van der Waals surface area contributed by atoms with Gasteiger partial charge in [0.1, 0.15) is 0 Å². The van der Waals surface area contributed by atoms with Gasteiger partial charge in [0, 0.05) is 45.3 Å². The minimum Gasteiger partial charge on any atom is -0.363 e. The summed E-state index contributed by atoms with van der Waals surface area (Å²) >= 11 is 0. The van der Waals surface area contributed by atoms with Gasteiger partial charge < -0.3 is 4.90 Å². The fraction of sp³-hybridized carbons (Fsp3) is 0.667. The van der Waals surface area contributed by atoms with Crippen LogP contribution < -0.4 is 4.90 Å². The van der Waals surface area contributed by atoms with Crippen molar-refractivity contribution in [2.24, 2.45) is 11.3 Å². The van der Waals surface area contributed by atoms with Gasteiger partial charge in [-0.3, -0.25) is 4.79 Å². The molecule has 0 aromatic heterocycles. The van der Waals surface area contributed by atoms with Gasteiger partial charge in [-0.2, -0.15) is 0 Å². The van der Waals surface area contributed by atoms with Gasteiger partial charge in [-0.05, 0) is 24.4 Å². The Kier molecular flexibility index (Phi) is 11.5. The van der Waals surface area contributed by atoms with E-state index in [1.807, 2.05) is 20.8 Å². The molecule has 0 aliphatic heterocycles. The van der Waals surface area contributed by atoms with E-state index in [-0.39, 0.29) is 33.3 Å². The summed E-state index contributed by atoms with van der Waals surface area (Å²) in [5.41, 5.74) is -0.468. The number of carbonyl (C=O) groups is 1. The van der Waals surface area contributed by atoms with Crippen LogP contribution in [0, 0.1) is 29.0 Å². The van der Waals surface area contributed by atoms with Crippen molar-refractivity contribution in [2.75, 3.05) is 11.4 Å². The molecule has 1 aromatic carbocycles. The minimum atomic E-state index is -0.804. The van der Waals surface area contributed by atoms with Gasteiger partial charge in [-0.1, -0.05) is 60.3 Å². The predicted octanol–water partition coefficient (Wildman–Crippen LogP) is 6.14. The van der Waals surface area contributed by atoms with Crippen molar-refractivity contribution in [3.05, 3.63) is 29.8 Å². The Balaban J connectivity index is 0.00000625. The first kappa shape index (κ1) is 25.3. The summed E-state index contributed by atoms with van der Waals surface area (Å²) in [4.78, 5) is 14.5. The van der Waals surface area contributed by atoms with Crippen LogP contribution in [0.4, 0.5) is 14.5 Å². The third kappa shape index (κ3) is 7.11. The van der Waals surface area contributed by atoms with Crippen LogP contribution >= 0.6 is 0 Å². The molecule has 0 N–H and O–H groups in total. The predicted molar refractivity (Wildman–Crippen MR) is 99.5 cm³/mol. The fourth-order valence-corrected chi connectivity index (χ4v) is 2.85. The maximum atomic E-state index is 14.3. The molecule has 146 valence electrons. The number of amides is 1. The van der Waals surface area contributed by atoms with Crippen LogP contribution in [0.5, 0.6) is 0 Å². The zero-order valence-corrected chi connectivity index (χ0v) is 18.4. The van der Waals surface area contributed by atoms with Crippen molar-refractivity contribution in [1.82, 2.24) is 0 Å². The number of hydrogen-bond acceptors (Lipinski definition) is 1. The normalized spacial score (nSPS) is 12.4. The quantitative estimate of drug-likeness (QED) is 0.341. The van der Waals surface area contributed by atoms with Crippen LogP contribution in [0.1, 0.15) is 73.1 Å². The monoisotopic (exact) mass is 400 g/mol. The van der Waals surface area contributed by atoms with E-state index >= 15 is 0 Å². The fourth-order valence-electron chi connectivity index (χ4n) is 2.85. The SMILES string of the molecule is CCCCC(CC)CCN(C(=O)C(C)(C)CC)c1ccc(F)[c-]c1F.[Ti]. The molecule has 1 unspecified atom stereocenters. The van der Waals surface area contributed by atoms with Gasteiger partial charge in [-0.15, -0.1) is 18.2 Å². The van der Waals surface area contributed by atoms with Gasteiger partial charge >= 0.3 is 0 Å². The molecule has 2 nitrogen and oxygen atoms in total. The number of nitrogens with zero attached hydrogens (tertiary/aromatic N) is 1. The number of hydrogen-bond donors (Lipinski definition) is 0. The van der Waals surface area contributed by atoms with Crippen LogP contribution in [0.15, 0.2) is 12.1 Å². The molecule has 0 saturated carbocycles. The molecule has 0 aliphatic rings. The second-order valence-corrected chi connectivity index (χ2v) is 7.40. The van der Waals surface area contributed by atoms with Gasteiger partial charge in [-0.25, -0.2) is 8.78 Å². The van der Waals surface area contributed by atoms with Crippen molar-refractivity contribution in [3.63, 3.8) is 0 Å². The molecule has 1 rings (SSSR count). The first-order valence-electron chi connectivity index (χ1n) is 9.46. The minimum absolute atomic E-state index is 0. The van der Waals surface area contributed by atoms with Crippen molar-refractivity contribution >= 4 is 11.6 Å². The molecular weight excluding hydrogens is 368 g/mol. The number of rotatable bonds is 10. The van der Waals surface area contributed by atoms with Gasteiger partial charge in [0.25, 0.3) is 0 Å². The van der Waals surface area contributed by atoms with E-state index in [4.69, 9.17) is 0 Å². The maximum Gasteiger partial charge on any atom is 0.221 e. The standard InChI is InChI=1S/C21H32F2NO.Ti/c1-6-9-10-16(7-2)13-14-24(20(25)21(4,5)8-3)19-12-11-17(22)15-18(19)23;/h11-12,16H,6-10,13-14H2,1-5H3;/q-1;. The zero-order chi connectivity index (χ0) is 19.0. The molecule has 5 heteroatoms. The van der Waals surface area contributed by atoms with Crippen LogP contribution in [0.3, 0.4) is 0 Å². The van der Waals surface area contributed by atoms with Crippen molar-refractivity contribution in [1.29, 1.82) is 0 Å². The van der Waals surface area contributed by atoms with Crippen molar-refractivity contribution < 1.29 is 35.3 Å². The third-order valence-electron chi connectivity index (χ3n) is 5.14. The topological polar surface area (TPSA) is 20.3 Å². The molecule has 0 bridgehead atoms. The summed E-state index contributed by atoms with van der Waals surface area (Å²) in [5.74, 6) is -1.17. The van der Waals surface area contributed by atoms with E-state index in [0.717, 1.165) is 38.2 Å². The summed E-state index contributed by atoms with van der Waals surface area (Å²) in [7, 11) is 0. The Labute approximate surface area is 172 Å². The molecule has 26 heavy (non-hydrogen) atoms. The number of benzene rings is 1. The molecule has 1 atom stereocenters. The first-order chi connectivity index (χ1) is 11.8. The maximum absolute atomic E-state index is 14.3. The summed E-state index contributed by atoms with van der Waals surface area (Å²) in [5, 5.41) is 0. The molecule has 0 radical (unpaired) electrons. The van der Waals surface area contributed by atoms with Crippen molar-refractivity contribution in [3.8, 4) is 0 Å².